The van der Waals surface area contributed by atoms with Gasteiger partial charge in [-0.25, -0.2) is 4.98 Å². The maximum Gasteiger partial charge on any atom is 0.249 e. The second-order valence-electron chi connectivity index (χ2n) is 2.85. The molecule has 0 unspecified atom stereocenters. The highest BCUT2D eigenvalue weighted by atomic mass is 35.5. The molecule has 78 valence electrons. The highest BCUT2D eigenvalue weighted by Crippen LogP contribution is 2.25. The van der Waals surface area contributed by atoms with Gasteiger partial charge in [0.25, 0.3) is 0 Å². The summed E-state index contributed by atoms with van der Waals surface area (Å²) in [4.78, 5) is 3.90. The Bertz CT molecular complexity index is 484. The summed E-state index contributed by atoms with van der Waals surface area (Å²) in [7, 11) is 0. The van der Waals surface area contributed by atoms with Crippen LogP contribution < -0.4 is 0 Å². The molecule has 0 aliphatic heterocycles. The van der Waals surface area contributed by atoms with Gasteiger partial charge in [-0.2, -0.15) is 0 Å². The van der Waals surface area contributed by atoms with Crippen LogP contribution in [0.4, 0.5) is 0 Å². The van der Waals surface area contributed by atoms with Gasteiger partial charge in [-0.15, -0.1) is 10.2 Å². The summed E-state index contributed by atoms with van der Waals surface area (Å²) in [5.41, 5.74) is 0.664. The molecule has 6 heteroatoms. The zero-order valence-electron chi connectivity index (χ0n) is 7.87. The molecule has 0 saturated carbocycles. The first-order valence-corrected chi connectivity index (χ1v) is 5.10. The van der Waals surface area contributed by atoms with Crippen molar-refractivity contribution in [2.45, 2.75) is 13.3 Å². The zero-order chi connectivity index (χ0) is 10.8. The third kappa shape index (κ3) is 2.11. The molecule has 0 bridgehead atoms. The third-order valence-corrected chi connectivity index (χ3v) is 2.50. The van der Waals surface area contributed by atoms with E-state index in [4.69, 9.17) is 27.6 Å². The SMILES string of the molecule is CCc1nnc(-c2cnc(Cl)c(Cl)c2)o1. The van der Waals surface area contributed by atoms with Gasteiger partial charge in [0.05, 0.1) is 10.6 Å². The lowest BCUT2D eigenvalue weighted by atomic mass is 10.3. The fraction of sp³-hybridized carbons (Fsp3) is 0.222. The lowest BCUT2D eigenvalue weighted by Gasteiger charge is -1.96. The van der Waals surface area contributed by atoms with Crippen LogP contribution in [-0.4, -0.2) is 15.2 Å². The van der Waals surface area contributed by atoms with Crippen molar-refractivity contribution < 1.29 is 4.42 Å². The summed E-state index contributed by atoms with van der Waals surface area (Å²) >= 11 is 11.5. The Morgan fingerprint density at radius 2 is 2.13 bits per heavy atom. The Morgan fingerprint density at radius 3 is 2.73 bits per heavy atom. The Hall–Kier alpha value is -1.13. The van der Waals surface area contributed by atoms with Crippen LogP contribution in [0.3, 0.4) is 0 Å². The van der Waals surface area contributed by atoms with E-state index in [-0.39, 0.29) is 5.15 Å². The van der Waals surface area contributed by atoms with Crippen LogP contribution in [0.5, 0.6) is 0 Å². The van der Waals surface area contributed by atoms with E-state index in [1.165, 1.54) is 0 Å². The zero-order valence-corrected chi connectivity index (χ0v) is 9.38. The molecule has 0 spiro atoms. The van der Waals surface area contributed by atoms with E-state index in [9.17, 15) is 0 Å². The van der Waals surface area contributed by atoms with Crippen molar-refractivity contribution in [1.29, 1.82) is 0 Å². The van der Waals surface area contributed by atoms with Crippen molar-refractivity contribution in [1.82, 2.24) is 15.2 Å². The summed E-state index contributed by atoms with van der Waals surface area (Å²) in [5.74, 6) is 0.981. The molecule has 2 aromatic heterocycles. The average Bonchev–Trinajstić information content (AvgIpc) is 2.70. The summed E-state index contributed by atoms with van der Waals surface area (Å²) in [6, 6.07) is 1.64. The van der Waals surface area contributed by atoms with Gasteiger partial charge < -0.3 is 4.42 Å². The van der Waals surface area contributed by atoms with Crippen LogP contribution in [0.1, 0.15) is 12.8 Å². The summed E-state index contributed by atoms with van der Waals surface area (Å²) in [6.45, 7) is 1.93. The molecule has 0 saturated heterocycles. The smallest absolute Gasteiger partial charge is 0.249 e. The molecule has 0 amide bonds. The number of hydrogen-bond acceptors (Lipinski definition) is 4. The molecule has 2 rings (SSSR count). The van der Waals surface area contributed by atoms with E-state index >= 15 is 0 Å². The van der Waals surface area contributed by atoms with Gasteiger partial charge in [-0.1, -0.05) is 30.1 Å². The van der Waals surface area contributed by atoms with E-state index in [0.29, 0.717) is 28.8 Å². The molecule has 0 radical (unpaired) electrons. The largest absolute Gasteiger partial charge is 0.421 e. The second-order valence-corrected chi connectivity index (χ2v) is 3.62. The average molecular weight is 244 g/mol. The Kier molecular flexibility index (Phi) is 2.88. The van der Waals surface area contributed by atoms with Crippen molar-refractivity contribution in [2.24, 2.45) is 0 Å². The maximum absolute atomic E-state index is 5.82. The highest BCUT2D eigenvalue weighted by Gasteiger charge is 2.09. The minimum Gasteiger partial charge on any atom is -0.421 e. The number of nitrogens with zero attached hydrogens (tertiary/aromatic N) is 3. The molecule has 0 aliphatic rings. The fourth-order valence-electron chi connectivity index (χ4n) is 1.05. The number of rotatable bonds is 2. The maximum atomic E-state index is 5.82. The number of aromatic nitrogens is 3. The molecule has 0 fully saturated rings. The number of halogens is 2. The van der Waals surface area contributed by atoms with E-state index in [1.54, 1.807) is 12.3 Å². The van der Waals surface area contributed by atoms with Crippen molar-refractivity contribution in [3.05, 3.63) is 28.3 Å². The van der Waals surface area contributed by atoms with Crippen molar-refractivity contribution in [2.75, 3.05) is 0 Å². The number of aryl methyl sites for hydroxylation is 1. The molecular formula is C9H7Cl2N3O. The van der Waals surface area contributed by atoms with Crippen LogP contribution >= 0.6 is 23.2 Å². The van der Waals surface area contributed by atoms with Gasteiger partial charge >= 0.3 is 0 Å². The third-order valence-electron chi connectivity index (χ3n) is 1.81. The lowest BCUT2D eigenvalue weighted by Crippen LogP contribution is -1.82. The van der Waals surface area contributed by atoms with Gasteiger partial charge in [-0.05, 0) is 6.07 Å². The topological polar surface area (TPSA) is 51.8 Å². The van der Waals surface area contributed by atoms with Gasteiger partial charge in [0, 0.05) is 12.6 Å². The van der Waals surface area contributed by atoms with Crippen LogP contribution in [0.15, 0.2) is 16.7 Å². The van der Waals surface area contributed by atoms with Gasteiger partial charge in [-0.3, -0.25) is 0 Å². The Balaban J connectivity index is 2.40. The number of pyridine rings is 1. The van der Waals surface area contributed by atoms with E-state index < -0.39 is 0 Å². The molecule has 0 aliphatic carbocycles. The number of hydrogen-bond donors (Lipinski definition) is 0. The summed E-state index contributed by atoms with van der Waals surface area (Å²) in [5, 5.41) is 8.34. The molecule has 4 nitrogen and oxygen atoms in total. The van der Waals surface area contributed by atoms with Crippen molar-refractivity contribution in [3.63, 3.8) is 0 Å². The minimum atomic E-state index is 0.260. The fourth-order valence-corrected chi connectivity index (χ4v) is 1.32. The molecular weight excluding hydrogens is 237 g/mol. The Labute approximate surface area is 96.2 Å². The van der Waals surface area contributed by atoms with Crippen molar-refractivity contribution in [3.8, 4) is 11.5 Å². The molecule has 15 heavy (non-hydrogen) atoms. The second kappa shape index (κ2) is 4.16. The van der Waals surface area contributed by atoms with Crippen LogP contribution in [0.25, 0.3) is 11.5 Å². The molecule has 0 atom stereocenters. The minimum absolute atomic E-state index is 0.260. The standard InChI is InChI=1S/C9H7Cl2N3O/c1-2-7-13-14-9(15-7)5-3-6(10)8(11)12-4-5/h3-4H,2H2,1H3. The van der Waals surface area contributed by atoms with Gasteiger partial charge in [0.15, 0.2) is 0 Å². The molecule has 0 aromatic carbocycles. The van der Waals surface area contributed by atoms with E-state index in [1.807, 2.05) is 6.92 Å². The highest BCUT2D eigenvalue weighted by molar-refractivity contribution is 6.41. The first-order chi connectivity index (χ1) is 7.20. The predicted octanol–water partition coefficient (Wildman–Crippen LogP) is 3.00. The normalized spacial score (nSPS) is 10.6. The molecule has 2 heterocycles. The van der Waals surface area contributed by atoms with Gasteiger partial charge in [0.1, 0.15) is 5.15 Å². The molecule has 2 aromatic rings. The van der Waals surface area contributed by atoms with E-state index in [2.05, 4.69) is 15.2 Å². The van der Waals surface area contributed by atoms with Crippen LogP contribution in [0, 0.1) is 0 Å². The summed E-state index contributed by atoms with van der Waals surface area (Å²) < 4.78 is 5.35. The quantitative estimate of drug-likeness (QED) is 0.762. The molecule has 0 N–H and O–H groups in total. The first-order valence-electron chi connectivity index (χ1n) is 4.34. The van der Waals surface area contributed by atoms with Crippen molar-refractivity contribution >= 4 is 23.2 Å². The lowest BCUT2D eigenvalue weighted by molar-refractivity contribution is 0.512. The predicted molar refractivity (Wildman–Crippen MR) is 56.9 cm³/mol. The van der Waals surface area contributed by atoms with E-state index in [0.717, 1.165) is 0 Å². The van der Waals surface area contributed by atoms with Gasteiger partial charge in [0.2, 0.25) is 11.8 Å². The van der Waals surface area contributed by atoms with Crippen LogP contribution in [-0.2, 0) is 6.42 Å². The monoisotopic (exact) mass is 243 g/mol. The Morgan fingerprint density at radius 1 is 1.33 bits per heavy atom. The summed E-state index contributed by atoms with van der Waals surface area (Å²) in [6.07, 6.45) is 2.24. The van der Waals surface area contributed by atoms with Crippen LogP contribution in [0.2, 0.25) is 10.2 Å². The first kappa shape index (κ1) is 10.4.